The summed E-state index contributed by atoms with van der Waals surface area (Å²) in [5.41, 5.74) is 3.19. The van der Waals surface area contributed by atoms with Crippen molar-refractivity contribution in [3.8, 4) is 0 Å². The van der Waals surface area contributed by atoms with Gasteiger partial charge < -0.3 is 9.30 Å². The van der Waals surface area contributed by atoms with Crippen LogP contribution in [0.4, 0.5) is 0 Å². The summed E-state index contributed by atoms with van der Waals surface area (Å²) in [6, 6.07) is 0. The van der Waals surface area contributed by atoms with Crippen LogP contribution < -0.4 is 0 Å². The van der Waals surface area contributed by atoms with Crippen molar-refractivity contribution in [3.05, 3.63) is 11.5 Å². The summed E-state index contributed by atoms with van der Waals surface area (Å²) < 4.78 is 9.88. The molecule has 0 aliphatic carbocycles. The van der Waals surface area contributed by atoms with Crippen molar-refractivity contribution in [2.45, 2.75) is 46.2 Å². The average Bonchev–Trinajstić information content (AvgIpc) is 3.00. The topological polar surface area (TPSA) is 44.9 Å². The van der Waals surface area contributed by atoms with Gasteiger partial charge in [0.15, 0.2) is 5.65 Å². The molecule has 5 nitrogen and oxygen atoms in total. The molecule has 2 aromatic rings. The van der Waals surface area contributed by atoms with Crippen molar-refractivity contribution in [3.63, 3.8) is 0 Å². The molecule has 0 radical (unpaired) electrons. The van der Waals surface area contributed by atoms with E-state index in [0.29, 0.717) is 11.8 Å². The van der Waals surface area contributed by atoms with E-state index in [9.17, 15) is 0 Å². The van der Waals surface area contributed by atoms with E-state index in [1.54, 1.807) is 0 Å². The normalized spacial score (nSPS) is 16.9. The fraction of sp³-hybridized carbons (Fsp3) is 0.733. The maximum atomic E-state index is 5.96. The van der Waals surface area contributed by atoms with Gasteiger partial charge in [0, 0.05) is 38.6 Å². The van der Waals surface area contributed by atoms with Gasteiger partial charge in [-0.05, 0) is 32.6 Å². The van der Waals surface area contributed by atoms with Gasteiger partial charge in [-0.2, -0.15) is 5.10 Å². The molecule has 0 amide bonds. The summed E-state index contributed by atoms with van der Waals surface area (Å²) >= 11 is 5.96. The van der Waals surface area contributed by atoms with Crippen molar-refractivity contribution in [1.29, 1.82) is 0 Å². The first kappa shape index (κ1) is 14.9. The van der Waals surface area contributed by atoms with Gasteiger partial charge in [-0.25, -0.2) is 9.67 Å². The number of hydrogen-bond donors (Lipinski definition) is 0. The molecule has 0 N–H and O–H groups in total. The molecular formula is C15H23ClN4O. The van der Waals surface area contributed by atoms with E-state index >= 15 is 0 Å². The highest BCUT2D eigenvalue weighted by atomic mass is 35.5. The van der Waals surface area contributed by atoms with Crippen LogP contribution in [-0.2, 0) is 24.2 Å². The molecule has 21 heavy (non-hydrogen) atoms. The first-order valence-corrected chi connectivity index (χ1v) is 8.34. The summed E-state index contributed by atoms with van der Waals surface area (Å²) in [5.74, 6) is 2.35. The largest absolute Gasteiger partial charge is 0.381 e. The molecule has 2 aromatic heterocycles. The molecule has 0 saturated carbocycles. The van der Waals surface area contributed by atoms with Gasteiger partial charge in [-0.1, -0.05) is 0 Å². The minimum atomic E-state index is 0.603. The Kier molecular flexibility index (Phi) is 4.50. The van der Waals surface area contributed by atoms with Crippen molar-refractivity contribution in [1.82, 2.24) is 19.3 Å². The van der Waals surface area contributed by atoms with Crippen LogP contribution in [0.1, 0.15) is 31.3 Å². The third kappa shape index (κ3) is 2.81. The molecule has 3 heterocycles. The lowest BCUT2D eigenvalue weighted by molar-refractivity contribution is 0.0612. The standard InChI is InChI=1S/C15H23ClN4O/c1-3-20-15-14(11(2)18-20)17-13(4-7-16)19(15)10-12-5-8-21-9-6-12/h12H,3-10H2,1-2H3. The number of ether oxygens (including phenoxy) is 1. The number of alkyl halides is 1. The molecule has 6 heteroatoms. The lowest BCUT2D eigenvalue weighted by Crippen LogP contribution is -2.22. The average molecular weight is 311 g/mol. The van der Waals surface area contributed by atoms with E-state index in [2.05, 4.69) is 21.3 Å². The van der Waals surface area contributed by atoms with Crippen molar-refractivity contribution < 1.29 is 4.74 Å². The minimum absolute atomic E-state index is 0.603. The SMILES string of the molecule is CCn1nc(C)c2nc(CCCl)n(CC3CCOCC3)c21. The lowest BCUT2D eigenvalue weighted by atomic mass is 10.0. The van der Waals surface area contributed by atoms with E-state index in [-0.39, 0.29) is 0 Å². The summed E-state index contributed by atoms with van der Waals surface area (Å²) in [6.07, 6.45) is 3.06. The van der Waals surface area contributed by atoms with Crippen LogP contribution in [0.3, 0.4) is 0 Å². The summed E-state index contributed by atoms with van der Waals surface area (Å²) in [6.45, 7) is 7.77. The van der Waals surface area contributed by atoms with Crippen LogP contribution in [0, 0.1) is 12.8 Å². The lowest BCUT2D eigenvalue weighted by Gasteiger charge is -2.23. The predicted molar refractivity (Wildman–Crippen MR) is 83.9 cm³/mol. The zero-order valence-corrected chi connectivity index (χ0v) is 13.6. The highest BCUT2D eigenvalue weighted by Gasteiger charge is 2.21. The summed E-state index contributed by atoms with van der Waals surface area (Å²) in [4.78, 5) is 4.80. The Hall–Kier alpha value is -1.07. The molecule has 0 aromatic carbocycles. The third-order valence-corrected chi connectivity index (χ3v) is 4.47. The number of nitrogens with zero attached hydrogens (tertiary/aromatic N) is 4. The molecule has 1 aliphatic heterocycles. The van der Waals surface area contributed by atoms with E-state index in [0.717, 1.165) is 68.2 Å². The van der Waals surface area contributed by atoms with Crippen LogP contribution in [0.5, 0.6) is 0 Å². The molecule has 0 spiro atoms. The van der Waals surface area contributed by atoms with Gasteiger partial charge in [0.25, 0.3) is 0 Å². The Balaban J connectivity index is 2.01. The van der Waals surface area contributed by atoms with Gasteiger partial charge >= 0.3 is 0 Å². The predicted octanol–water partition coefficient (Wildman–Crippen LogP) is 2.77. The number of hydrogen-bond acceptors (Lipinski definition) is 3. The molecule has 1 fully saturated rings. The maximum absolute atomic E-state index is 5.96. The number of halogens is 1. The molecule has 0 unspecified atom stereocenters. The first-order valence-electron chi connectivity index (χ1n) is 7.80. The molecule has 116 valence electrons. The summed E-state index contributed by atoms with van der Waals surface area (Å²) in [5, 5.41) is 4.60. The molecular weight excluding hydrogens is 288 g/mol. The quantitative estimate of drug-likeness (QED) is 0.798. The number of aryl methyl sites for hydroxylation is 3. The van der Waals surface area contributed by atoms with E-state index < -0.39 is 0 Å². The van der Waals surface area contributed by atoms with Gasteiger partial charge in [0.2, 0.25) is 0 Å². The Morgan fingerprint density at radius 2 is 2.10 bits per heavy atom. The van der Waals surface area contributed by atoms with Gasteiger partial charge in [-0.3, -0.25) is 0 Å². The molecule has 1 aliphatic rings. The van der Waals surface area contributed by atoms with Crippen molar-refractivity contribution in [2.24, 2.45) is 5.92 Å². The highest BCUT2D eigenvalue weighted by molar-refractivity contribution is 6.17. The van der Waals surface area contributed by atoms with Gasteiger partial charge in [-0.15, -0.1) is 11.6 Å². The number of fused-ring (bicyclic) bond motifs is 1. The Morgan fingerprint density at radius 1 is 1.33 bits per heavy atom. The Bertz CT molecular complexity index is 613. The second-order valence-corrected chi connectivity index (χ2v) is 6.08. The molecule has 0 atom stereocenters. The van der Waals surface area contributed by atoms with E-state index in [4.69, 9.17) is 21.3 Å². The van der Waals surface area contributed by atoms with Crippen molar-refractivity contribution in [2.75, 3.05) is 19.1 Å². The highest BCUT2D eigenvalue weighted by Crippen LogP contribution is 2.24. The Labute approximate surface area is 130 Å². The van der Waals surface area contributed by atoms with Crippen LogP contribution in [0.25, 0.3) is 11.2 Å². The smallest absolute Gasteiger partial charge is 0.158 e. The maximum Gasteiger partial charge on any atom is 0.158 e. The van der Waals surface area contributed by atoms with E-state index in [1.165, 1.54) is 0 Å². The van der Waals surface area contributed by atoms with Crippen LogP contribution in [0.2, 0.25) is 0 Å². The number of aromatic nitrogens is 4. The van der Waals surface area contributed by atoms with Crippen LogP contribution in [-0.4, -0.2) is 38.4 Å². The monoisotopic (exact) mass is 310 g/mol. The molecule has 3 rings (SSSR count). The second kappa shape index (κ2) is 6.36. The minimum Gasteiger partial charge on any atom is -0.381 e. The Morgan fingerprint density at radius 3 is 2.76 bits per heavy atom. The fourth-order valence-electron chi connectivity index (χ4n) is 3.14. The first-order chi connectivity index (χ1) is 10.2. The van der Waals surface area contributed by atoms with Gasteiger partial charge in [0.05, 0.1) is 5.69 Å². The van der Waals surface area contributed by atoms with Crippen molar-refractivity contribution >= 4 is 22.8 Å². The third-order valence-electron chi connectivity index (χ3n) is 4.28. The molecule has 1 saturated heterocycles. The van der Waals surface area contributed by atoms with Gasteiger partial charge in [0.1, 0.15) is 11.3 Å². The second-order valence-electron chi connectivity index (χ2n) is 5.71. The number of rotatable bonds is 5. The fourth-order valence-corrected chi connectivity index (χ4v) is 3.31. The van der Waals surface area contributed by atoms with Crippen LogP contribution >= 0.6 is 11.6 Å². The van der Waals surface area contributed by atoms with Crippen LogP contribution in [0.15, 0.2) is 0 Å². The summed E-state index contributed by atoms with van der Waals surface area (Å²) in [7, 11) is 0. The van der Waals surface area contributed by atoms with E-state index in [1.807, 2.05) is 6.92 Å². The number of imidazole rings is 1. The zero-order valence-electron chi connectivity index (χ0n) is 12.8. The zero-order chi connectivity index (χ0) is 14.8. The molecule has 0 bridgehead atoms.